The molecule has 5 heteroatoms. The summed E-state index contributed by atoms with van der Waals surface area (Å²) in [6, 6.07) is 52.7. The number of nitrogens with zero attached hydrogens (tertiary/aromatic N) is 5. The molecule has 0 aliphatic carbocycles. The van der Waals surface area contributed by atoms with Crippen LogP contribution in [0.4, 0.5) is 0 Å². The first kappa shape index (κ1) is 29.3. The highest BCUT2D eigenvalue weighted by Gasteiger charge is 2.14. The summed E-state index contributed by atoms with van der Waals surface area (Å²) in [5.74, 6) is 0.626. The average Bonchev–Trinajstić information content (AvgIpc) is 3.21. The van der Waals surface area contributed by atoms with Crippen LogP contribution < -0.4 is 0 Å². The average molecular weight is 640 g/mol. The fourth-order valence-corrected chi connectivity index (χ4v) is 6.55. The minimum absolute atomic E-state index is 0.626. The molecule has 0 aliphatic heterocycles. The second-order valence-corrected chi connectivity index (χ2v) is 12.2. The monoisotopic (exact) mass is 639 g/mol. The first-order chi connectivity index (χ1) is 24.8. The Hall–Kier alpha value is -6.85. The van der Waals surface area contributed by atoms with E-state index in [0.717, 1.165) is 61.5 Å². The zero-order valence-corrected chi connectivity index (χ0v) is 27.0. The maximum atomic E-state index is 5.11. The molecule has 5 aromatic carbocycles. The van der Waals surface area contributed by atoms with Crippen molar-refractivity contribution in [1.82, 2.24) is 24.9 Å². The second kappa shape index (κ2) is 12.6. The van der Waals surface area contributed by atoms with Gasteiger partial charge in [-0.1, -0.05) is 109 Å². The van der Waals surface area contributed by atoms with Crippen molar-refractivity contribution in [3.8, 4) is 67.4 Å². The summed E-state index contributed by atoms with van der Waals surface area (Å²) in [5, 5.41) is 3.58. The summed E-state index contributed by atoms with van der Waals surface area (Å²) >= 11 is 0. The Morgan fingerprint density at radius 2 is 0.920 bits per heavy atom. The Morgan fingerprint density at radius 3 is 1.62 bits per heavy atom. The molecule has 9 aromatic rings. The zero-order chi connectivity index (χ0) is 33.3. The zero-order valence-electron chi connectivity index (χ0n) is 27.0. The first-order valence-corrected chi connectivity index (χ1v) is 16.6. The van der Waals surface area contributed by atoms with Gasteiger partial charge in [0.25, 0.3) is 0 Å². The number of rotatable bonds is 6. The number of fused-ring (bicyclic) bond motifs is 3. The molecule has 0 fully saturated rings. The van der Waals surface area contributed by atoms with Crippen LogP contribution in [-0.4, -0.2) is 24.9 Å². The Labute approximate surface area is 289 Å². The van der Waals surface area contributed by atoms with Gasteiger partial charge in [-0.25, -0.2) is 15.0 Å². The maximum absolute atomic E-state index is 5.11. The minimum Gasteiger partial charge on any atom is -0.264 e. The van der Waals surface area contributed by atoms with E-state index < -0.39 is 0 Å². The number of hydrogen-bond acceptors (Lipinski definition) is 5. The molecule has 0 spiro atoms. The van der Waals surface area contributed by atoms with E-state index >= 15 is 0 Å². The van der Waals surface area contributed by atoms with Crippen LogP contribution >= 0.6 is 0 Å². The lowest BCUT2D eigenvalue weighted by molar-refractivity contribution is 1.16. The number of hydrogen-bond donors (Lipinski definition) is 0. The molecule has 0 atom stereocenters. The fraction of sp³-hybridized carbons (Fsp3) is 0. The molecule has 0 saturated heterocycles. The molecule has 50 heavy (non-hydrogen) atoms. The van der Waals surface area contributed by atoms with Crippen molar-refractivity contribution >= 4 is 21.7 Å². The topological polar surface area (TPSA) is 64.5 Å². The predicted octanol–water partition coefficient (Wildman–Crippen LogP) is 11.0. The van der Waals surface area contributed by atoms with Gasteiger partial charge in [-0.05, 0) is 75.5 Å². The Morgan fingerprint density at radius 1 is 0.360 bits per heavy atom. The van der Waals surface area contributed by atoms with Crippen molar-refractivity contribution in [3.63, 3.8) is 0 Å². The molecule has 0 radical (unpaired) electrons. The Bertz CT molecular complexity index is 2550. The summed E-state index contributed by atoms with van der Waals surface area (Å²) in [4.78, 5) is 23.5. The maximum Gasteiger partial charge on any atom is 0.161 e. The molecule has 9 rings (SSSR count). The van der Waals surface area contributed by atoms with E-state index in [1.807, 2.05) is 42.6 Å². The second-order valence-electron chi connectivity index (χ2n) is 12.2. The van der Waals surface area contributed by atoms with Crippen LogP contribution in [0.5, 0.6) is 0 Å². The lowest BCUT2D eigenvalue weighted by Crippen LogP contribution is -1.96. The molecule has 0 unspecified atom stereocenters. The van der Waals surface area contributed by atoms with Gasteiger partial charge in [0.2, 0.25) is 0 Å². The molecule has 4 heterocycles. The molecule has 0 saturated carbocycles. The molecule has 4 aromatic heterocycles. The fourth-order valence-electron chi connectivity index (χ4n) is 6.55. The van der Waals surface area contributed by atoms with E-state index in [1.54, 1.807) is 18.6 Å². The Balaban J connectivity index is 1.09. The van der Waals surface area contributed by atoms with Crippen LogP contribution in [-0.2, 0) is 0 Å². The largest absolute Gasteiger partial charge is 0.264 e. The van der Waals surface area contributed by atoms with Gasteiger partial charge >= 0.3 is 0 Å². The van der Waals surface area contributed by atoms with Crippen molar-refractivity contribution in [1.29, 1.82) is 0 Å². The van der Waals surface area contributed by atoms with E-state index in [1.165, 1.54) is 21.7 Å². The standard InChI is InChI=1S/C45H29N5/c1-2-9-34(10-3-1)41-26-39(44-38-13-5-4-8-32(38)22-23-40(44)48-41)33-18-14-30(15-19-33)31-16-20-35(21-17-31)42-27-43(36-11-6-24-46-28-36)50-45(49-42)37-12-7-25-47-29-37/h1-29H. The van der Waals surface area contributed by atoms with Crippen LogP contribution in [0.3, 0.4) is 0 Å². The highest BCUT2D eigenvalue weighted by Crippen LogP contribution is 2.37. The van der Waals surface area contributed by atoms with Crippen LogP contribution in [0.25, 0.3) is 89.1 Å². The summed E-state index contributed by atoms with van der Waals surface area (Å²) in [7, 11) is 0. The quantitative estimate of drug-likeness (QED) is 0.169. The highest BCUT2D eigenvalue weighted by molar-refractivity contribution is 6.13. The summed E-state index contributed by atoms with van der Waals surface area (Å²) in [6.07, 6.45) is 7.14. The lowest BCUT2D eigenvalue weighted by Gasteiger charge is -2.14. The van der Waals surface area contributed by atoms with Crippen molar-refractivity contribution in [2.24, 2.45) is 0 Å². The molecule has 234 valence electrons. The van der Waals surface area contributed by atoms with Gasteiger partial charge in [0.05, 0.1) is 22.6 Å². The number of pyridine rings is 3. The van der Waals surface area contributed by atoms with Gasteiger partial charge in [-0.3, -0.25) is 9.97 Å². The van der Waals surface area contributed by atoms with Crippen LogP contribution in [0.2, 0.25) is 0 Å². The highest BCUT2D eigenvalue weighted by atomic mass is 14.9. The van der Waals surface area contributed by atoms with E-state index in [0.29, 0.717) is 5.82 Å². The van der Waals surface area contributed by atoms with Crippen LogP contribution in [0.15, 0.2) is 176 Å². The van der Waals surface area contributed by atoms with E-state index in [-0.39, 0.29) is 0 Å². The van der Waals surface area contributed by atoms with Gasteiger partial charge in [0.15, 0.2) is 5.82 Å². The van der Waals surface area contributed by atoms with Crippen molar-refractivity contribution in [3.05, 3.63) is 176 Å². The predicted molar refractivity (Wildman–Crippen MR) is 203 cm³/mol. The SMILES string of the molecule is c1ccc(-c2cc(-c3ccc(-c4ccc(-c5cc(-c6cccnc6)nc(-c6cccnc6)n5)cc4)cc3)c3c(ccc4ccccc43)n2)cc1. The van der Waals surface area contributed by atoms with E-state index in [2.05, 4.69) is 125 Å². The molecule has 0 aliphatic rings. The third kappa shape index (κ3) is 5.57. The number of aromatic nitrogens is 5. The minimum atomic E-state index is 0.626. The van der Waals surface area contributed by atoms with Crippen molar-refractivity contribution in [2.75, 3.05) is 0 Å². The molecule has 0 N–H and O–H groups in total. The van der Waals surface area contributed by atoms with Crippen LogP contribution in [0, 0.1) is 0 Å². The number of benzene rings is 5. The van der Waals surface area contributed by atoms with Crippen molar-refractivity contribution < 1.29 is 0 Å². The van der Waals surface area contributed by atoms with Gasteiger partial charge in [-0.15, -0.1) is 0 Å². The molecule has 0 amide bonds. The van der Waals surface area contributed by atoms with Gasteiger partial charge in [0, 0.05) is 52.4 Å². The molecular weight excluding hydrogens is 611 g/mol. The molecular formula is C45H29N5. The van der Waals surface area contributed by atoms with E-state index in [9.17, 15) is 0 Å². The third-order valence-corrected chi connectivity index (χ3v) is 9.08. The Kier molecular flexibility index (Phi) is 7.41. The summed E-state index contributed by atoms with van der Waals surface area (Å²) in [5.41, 5.74) is 12.1. The van der Waals surface area contributed by atoms with Crippen LogP contribution in [0.1, 0.15) is 0 Å². The third-order valence-electron chi connectivity index (χ3n) is 9.08. The molecule has 5 nitrogen and oxygen atoms in total. The first-order valence-electron chi connectivity index (χ1n) is 16.6. The normalized spacial score (nSPS) is 11.2. The van der Waals surface area contributed by atoms with Gasteiger partial charge < -0.3 is 0 Å². The van der Waals surface area contributed by atoms with E-state index in [4.69, 9.17) is 15.0 Å². The van der Waals surface area contributed by atoms with Crippen molar-refractivity contribution in [2.45, 2.75) is 0 Å². The smallest absolute Gasteiger partial charge is 0.161 e. The van der Waals surface area contributed by atoms with Gasteiger partial charge in [-0.2, -0.15) is 0 Å². The van der Waals surface area contributed by atoms with Gasteiger partial charge in [0.1, 0.15) is 0 Å². The summed E-state index contributed by atoms with van der Waals surface area (Å²) in [6.45, 7) is 0. The lowest BCUT2D eigenvalue weighted by atomic mass is 9.93. The summed E-state index contributed by atoms with van der Waals surface area (Å²) < 4.78 is 0. The molecule has 0 bridgehead atoms.